The summed E-state index contributed by atoms with van der Waals surface area (Å²) in [6, 6.07) is 13.2. The number of carbonyl (C=O) groups excluding carboxylic acids is 1. The van der Waals surface area contributed by atoms with Crippen LogP contribution in [0.15, 0.2) is 42.5 Å². The summed E-state index contributed by atoms with van der Waals surface area (Å²) in [5.41, 5.74) is 3.29. The van der Waals surface area contributed by atoms with Gasteiger partial charge in [-0.25, -0.2) is 0 Å². The maximum Gasteiger partial charge on any atom is 0.241 e. The van der Waals surface area contributed by atoms with Crippen LogP contribution in [0.1, 0.15) is 18.1 Å². The molecule has 1 heterocycles. The van der Waals surface area contributed by atoms with Crippen LogP contribution in [0.25, 0.3) is 0 Å². The van der Waals surface area contributed by atoms with Crippen molar-refractivity contribution in [3.8, 4) is 0 Å². The summed E-state index contributed by atoms with van der Waals surface area (Å²) in [6.07, 6.45) is 0.969. The van der Waals surface area contributed by atoms with Gasteiger partial charge in [-0.3, -0.25) is 9.69 Å². The van der Waals surface area contributed by atoms with E-state index >= 15 is 0 Å². The first-order valence-corrected chi connectivity index (χ1v) is 8.36. The van der Waals surface area contributed by atoms with E-state index in [9.17, 15) is 4.79 Å². The molecule has 1 N–H and O–H groups in total. The van der Waals surface area contributed by atoms with Gasteiger partial charge in [-0.05, 0) is 42.7 Å². The third-order valence-corrected chi connectivity index (χ3v) is 4.65. The van der Waals surface area contributed by atoms with Gasteiger partial charge in [0.2, 0.25) is 5.91 Å². The number of nitrogens with one attached hydrogen (secondary N) is 1. The van der Waals surface area contributed by atoms with Crippen molar-refractivity contribution < 1.29 is 4.79 Å². The molecule has 1 aliphatic heterocycles. The zero-order chi connectivity index (χ0) is 16.4. The molecular formula is C18H18Cl2N2O. The zero-order valence-corrected chi connectivity index (χ0v) is 14.4. The molecule has 0 fully saturated rings. The van der Waals surface area contributed by atoms with E-state index in [0.717, 1.165) is 19.5 Å². The number of hydrogen-bond donors (Lipinski definition) is 1. The fourth-order valence-electron chi connectivity index (χ4n) is 2.89. The lowest BCUT2D eigenvalue weighted by Gasteiger charge is -2.32. The van der Waals surface area contributed by atoms with Crippen molar-refractivity contribution in [1.29, 1.82) is 0 Å². The van der Waals surface area contributed by atoms with E-state index < -0.39 is 0 Å². The summed E-state index contributed by atoms with van der Waals surface area (Å²) in [5.74, 6) is -0.0530. The SMILES string of the molecule is C[C@H](C(=O)Nc1cc(Cl)cc(Cl)c1)N1CCc2ccccc2C1. The molecule has 0 saturated carbocycles. The molecule has 0 saturated heterocycles. The van der Waals surface area contributed by atoms with E-state index in [2.05, 4.69) is 28.4 Å². The molecule has 3 rings (SSSR count). The van der Waals surface area contributed by atoms with Crippen LogP contribution in [0.2, 0.25) is 10.0 Å². The Morgan fingerprint density at radius 1 is 1.13 bits per heavy atom. The predicted molar refractivity (Wildman–Crippen MR) is 95.1 cm³/mol. The molecule has 0 aliphatic carbocycles. The lowest BCUT2D eigenvalue weighted by atomic mass is 9.99. The van der Waals surface area contributed by atoms with Crippen LogP contribution in [0.4, 0.5) is 5.69 Å². The Labute approximate surface area is 146 Å². The van der Waals surface area contributed by atoms with Gasteiger partial charge in [0.05, 0.1) is 6.04 Å². The smallest absolute Gasteiger partial charge is 0.241 e. The third-order valence-electron chi connectivity index (χ3n) is 4.22. The van der Waals surface area contributed by atoms with Gasteiger partial charge in [0, 0.05) is 28.8 Å². The molecule has 1 aliphatic rings. The molecule has 23 heavy (non-hydrogen) atoms. The Bertz CT molecular complexity index is 712. The number of benzene rings is 2. The number of fused-ring (bicyclic) bond motifs is 1. The molecule has 0 aromatic heterocycles. The van der Waals surface area contributed by atoms with Crippen molar-refractivity contribution in [2.75, 3.05) is 11.9 Å². The van der Waals surface area contributed by atoms with Crippen molar-refractivity contribution in [2.45, 2.75) is 25.9 Å². The van der Waals surface area contributed by atoms with Crippen molar-refractivity contribution in [3.63, 3.8) is 0 Å². The topological polar surface area (TPSA) is 32.3 Å². The van der Waals surface area contributed by atoms with Crippen LogP contribution in [0.3, 0.4) is 0 Å². The zero-order valence-electron chi connectivity index (χ0n) is 12.9. The number of anilines is 1. The minimum absolute atomic E-state index is 0.0530. The Kier molecular flexibility index (Phi) is 4.90. The number of rotatable bonds is 3. The first kappa shape index (κ1) is 16.3. The second kappa shape index (κ2) is 6.91. The van der Waals surface area contributed by atoms with Gasteiger partial charge < -0.3 is 5.32 Å². The lowest BCUT2D eigenvalue weighted by Crippen LogP contribution is -2.44. The molecule has 5 heteroatoms. The monoisotopic (exact) mass is 348 g/mol. The molecule has 1 atom stereocenters. The average molecular weight is 349 g/mol. The normalized spacial score (nSPS) is 15.8. The van der Waals surface area contributed by atoms with Gasteiger partial charge in [0.15, 0.2) is 0 Å². The quantitative estimate of drug-likeness (QED) is 0.892. The Balaban J connectivity index is 1.68. The lowest BCUT2D eigenvalue weighted by molar-refractivity contribution is -0.121. The number of amides is 1. The molecule has 0 unspecified atom stereocenters. The minimum atomic E-state index is -0.221. The molecule has 0 radical (unpaired) electrons. The maximum atomic E-state index is 12.5. The van der Waals surface area contributed by atoms with Crippen LogP contribution >= 0.6 is 23.2 Å². The molecule has 120 valence electrons. The van der Waals surface area contributed by atoms with Crippen molar-refractivity contribution >= 4 is 34.8 Å². The van der Waals surface area contributed by atoms with E-state index in [4.69, 9.17) is 23.2 Å². The van der Waals surface area contributed by atoms with E-state index in [1.165, 1.54) is 11.1 Å². The van der Waals surface area contributed by atoms with E-state index in [1.807, 2.05) is 13.0 Å². The van der Waals surface area contributed by atoms with E-state index in [0.29, 0.717) is 15.7 Å². The Morgan fingerprint density at radius 3 is 2.48 bits per heavy atom. The van der Waals surface area contributed by atoms with Crippen LogP contribution in [0, 0.1) is 0 Å². The fraction of sp³-hybridized carbons (Fsp3) is 0.278. The summed E-state index contributed by atoms with van der Waals surface area (Å²) in [5, 5.41) is 3.91. The summed E-state index contributed by atoms with van der Waals surface area (Å²) in [4.78, 5) is 14.7. The summed E-state index contributed by atoms with van der Waals surface area (Å²) < 4.78 is 0. The van der Waals surface area contributed by atoms with E-state index in [-0.39, 0.29) is 11.9 Å². The van der Waals surface area contributed by atoms with Crippen LogP contribution in [-0.4, -0.2) is 23.4 Å². The van der Waals surface area contributed by atoms with Gasteiger partial charge in [-0.2, -0.15) is 0 Å². The first-order valence-electron chi connectivity index (χ1n) is 7.61. The van der Waals surface area contributed by atoms with Crippen LogP contribution < -0.4 is 5.32 Å². The Hall–Kier alpha value is -1.55. The van der Waals surface area contributed by atoms with Crippen molar-refractivity contribution in [2.24, 2.45) is 0 Å². The molecule has 2 aromatic rings. The van der Waals surface area contributed by atoms with Gasteiger partial charge in [0.1, 0.15) is 0 Å². The highest BCUT2D eigenvalue weighted by molar-refractivity contribution is 6.35. The second-order valence-corrected chi connectivity index (χ2v) is 6.69. The van der Waals surface area contributed by atoms with Crippen LogP contribution in [0.5, 0.6) is 0 Å². The number of carbonyl (C=O) groups is 1. The second-order valence-electron chi connectivity index (χ2n) is 5.81. The average Bonchev–Trinajstić information content (AvgIpc) is 2.52. The van der Waals surface area contributed by atoms with Crippen molar-refractivity contribution in [1.82, 2.24) is 4.90 Å². The highest BCUT2D eigenvalue weighted by atomic mass is 35.5. The van der Waals surface area contributed by atoms with Gasteiger partial charge >= 0.3 is 0 Å². The third kappa shape index (κ3) is 3.86. The number of halogens is 2. The standard InChI is InChI=1S/C18H18Cl2N2O/c1-12(18(23)21-17-9-15(19)8-16(20)10-17)22-7-6-13-4-2-3-5-14(13)11-22/h2-5,8-10,12H,6-7,11H2,1H3,(H,21,23)/t12-/m1/s1. The molecule has 1 amide bonds. The van der Waals surface area contributed by atoms with Crippen LogP contribution in [-0.2, 0) is 17.8 Å². The van der Waals surface area contributed by atoms with Gasteiger partial charge in [-0.15, -0.1) is 0 Å². The fourth-order valence-corrected chi connectivity index (χ4v) is 3.41. The Morgan fingerprint density at radius 2 is 1.78 bits per heavy atom. The molecular weight excluding hydrogens is 331 g/mol. The van der Waals surface area contributed by atoms with Gasteiger partial charge in [-0.1, -0.05) is 47.5 Å². The first-order chi connectivity index (χ1) is 11.0. The highest BCUT2D eigenvalue weighted by Crippen LogP contribution is 2.24. The van der Waals surface area contributed by atoms with Crippen molar-refractivity contribution in [3.05, 3.63) is 63.6 Å². The number of nitrogens with zero attached hydrogens (tertiary/aromatic N) is 1. The summed E-state index contributed by atoms with van der Waals surface area (Å²) in [7, 11) is 0. The summed E-state index contributed by atoms with van der Waals surface area (Å²) >= 11 is 11.9. The number of hydrogen-bond acceptors (Lipinski definition) is 2. The minimum Gasteiger partial charge on any atom is -0.325 e. The molecule has 3 nitrogen and oxygen atoms in total. The highest BCUT2D eigenvalue weighted by Gasteiger charge is 2.25. The molecule has 0 spiro atoms. The maximum absolute atomic E-state index is 12.5. The largest absolute Gasteiger partial charge is 0.325 e. The van der Waals surface area contributed by atoms with E-state index in [1.54, 1.807) is 18.2 Å². The predicted octanol–water partition coefficient (Wildman–Crippen LogP) is 4.38. The summed E-state index contributed by atoms with van der Waals surface area (Å²) in [6.45, 7) is 3.60. The molecule has 2 aromatic carbocycles. The molecule has 0 bridgehead atoms. The van der Waals surface area contributed by atoms with Gasteiger partial charge in [0.25, 0.3) is 0 Å².